The van der Waals surface area contributed by atoms with Crippen LogP contribution in [-0.2, 0) is 24.4 Å². The number of hydrogen-bond donors (Lipinski definition) is 0. The summed E-state index contributed by atoms with van der Waals surface area (Å²) in [5.74, 6) is 0.606. The third-order valence-electron chi connectivity index (χ3n) is 2.89. The summed E-state index contributed by atoms with van der Waals surface area (Å²) in [5, 5.41) is 4.79. The van der Waals surface area contributed by atoms with E-state index in [1.807, 2.05) is 30.7 Å². The Kier molecular flexibility index (Phi) is 3.80. The zero-order chi connectivity index (χ0) is 14.0. The molecule has 0 saturated carbocycles. The molecule has 0 aliphatic carbocycles. The molecular formula is C13H15N3O2S. The monoisotopic (exact) mass is 277 g/mol. The van der Waals surface area contributed by atoms with Gasteiger partial charge in [-0.15, -0.1) is 0 Å². The molecule has 1 aromatic carbocycles. The Morgan fingerprint density at radius 3 is 2.53 bits per heavy atom. The van der Waals surface area contributed by atoms with E-state index < -0.39 is 0 Å². The lowest BCUT2D eigenvalue weighted by Gasteiger charge is -2.02. The Labute approximate surface area is 117 Å². The predicted octanol–water partition coefficient (Wildman–Crippen LogP) is 1.09. The molecule has 6 heteroatoms. The van der Waals surface area contributed by atoms with Gasteiger partial charge in [0, 0.05) is 12.0 Å². The van der Waals surface area contributed by atoms with Crippen molar-refractivity contribution < 1.29 is 14.1 Å². The highest BCUT2D eigenvalue weighted by molar-refractivity contribution is 7.58. The number of carbonyl (C=O) groups excluding carboxylic acids is 1. The van der Waals surface area contributed by atoms with Crippen molar-refractivity contribution in [1.82, 2.24) is 9.78 Å². The summed E-state index contributed by atoms with van der Waals surface area (Å²) < 4.78 is 8.51. The molecule has 0 saturated heterocycles. The van der Waals surface area contributed by atoms with E-state index in [0.717, 1.165) is 11.5 Å². The lowest BCUT2D eigenvalue weighted by Crippen LogP contribution is -2.32. The van der Waals surface area contributed by atoms with Crippen molar-refractivity contribution in [3.63, 3.8) is 0 Å². The van der Waals surface area contributed by atoms with E-state index in [2.05, 4.69) is 5.10 Å². The molecule has 0 bridgehead atoms. The SMILES string of the molecule is CCOC(=O)c1ccc(-n2nc([S-])[n+](C)c2C)cc1. The first kappa shape index (κ1) is 13.5. The largest absolute Gasteiger partial charge is 0.703 e. The summed E-state index contributed by atoms with van der Waals surface area (Å²) in [6.45, 7) is 4.08. The van der Waals surface area contributed by atoms with Crippen molar-refractivity contribution in [3.8, 4) is 5.69 Å². The molecule has 5 nitrogen and oxygen atoms in total. The van der Waals surface area contributed by atoms with Crippen LogP contribution >= 0.6 is 0 Å². The van der Waals surface area contributed by atoms with E-state index in [4.69, 9.17) is 17.4 Å². The second-order valence-corrected chi connectivity index (χ2v) is 4.43. The summed E-state index contributed by atoms with van der Waals surface area (Å²) in [5.41, 5.74) is 1.38. The molecule has 0 spiro atoms. The molecule has 0 amide bonds. The van der Waals surface area contributed by atoms with Gasteiger partial charge in [0.25, 0.3) is 0 Å². The molecule has 0 atom stereocenters. The number of esters is 1. The number of benzene rings is 1. The van der Waals surface area contributed by atoms with E-state index >= 15 is 0 Å². The second kappa shape index (κ2) is 5.36. The molecule has 0 aliphatic rings. The lowest BCUT2D eigenvalue weighted by molar-refractivity contribution is -0.715. The maximum absolute atomic E-state index is 11.6. The normalized spacial score (nSPS) is 10.5. The van der Waals surface area contributed by atoms with Crippen LogP contribution < -0.4 is 4.57 Å². The summed E-state index contributed by atoms with van der Waals surface area (Å²) in [6, 6.07) is 7.08. The summed E-state index contributed by atoms with van der Waals surface area (Å²) in [4.78, 5) is 11.6. The van der Waals surface area contributed by atoms with Crippen LogP contribution in [0.15, 0.2) is 29.4 Å². The van der Waals surface area contributed by atoms with Crippen LogP contribution in [0, 0.1) is 6.92 Å². The van der Waals surface area contributed by atoms with Crippen molar-refractivity contribution in [3.05, 3.63) is 35.7 Å². The fourth-order valence-corrected chi connectivity index (χ4v) is 1.92. The van der Waals surface area contributed by atoms with Crippen molar-refractivity contribution in [2.24, 2.45) is 7.05 Å². The number of rotatable bonds is 3. The Bertz CT molecular complexity index is 605. The first-order valence-corrected chi connectivity index (χ1v) is 6.35. The van der Waals surface area contributed by atoms with Gasteiger partial charge >= 0.3 is 5.97 Å². The number of nitrogens with zero attached hydrogens (tertiary/aromatic N) is 3. The van der Waals surface area contributed by atoms with Gasteiger partial charge in [0.05, 0.1) is 19.2 Å². The quantitative estimate of drug-likeness (QED) is 0.479. The van der Waals surface area contributed by atoms with Gasteiger partial charge in [-0.3, -0.25) is 4.57 Å². The predicted molar refractivity (Wildman–Crippen MR) is 71.1 cm³/mol. The number of hydrogen-bond acceptors (Lipinski definition) is 4. The molecule has 0 unspecified atom stereocenters. The second-order valence-electron chi connectivity index (χ2n) is 4.07. The molecule has 0 N–H and O–H groups in total. The van der Waals surface area contributed by atoms with E-state index in [1.165, 1.54) is 0 Å². The van der Waals surface area contributed by atoms with E-state index in [-0.39, 0.29) is 5.97 Å². The average Bonchev–Trinajstić information content (AvgIpc) is 2.67. The van der Waals surface area contributed by atoms with Crippen molar-refractivity contribution in [1.29, 1.82) is 0 Å². The molecular weight excluding hydrogens is 262 g/mol. The highest BCUT2D eigenvalue weighted by atomic mass is 32.1. The standard InChI is InChI=1S/C13H15N3O2S/c1-4-18-12(17)10-5-7-11(8-6-10)16-9(2)15(3)13(19)14-16/h5-8H,4H2,1-3H3. The van der Waals surface area contributed by atoms with Gasteiger partial charge in [0.1, 0.15) is 5.69 Å². The van der Waals surface area contributed by atoms with Gasteiger partial charge in [-0.1, -0.05) is 4.68 Å². The van der Waals surface area contributed by atoms with Crippen LogP contribution in [0.2, 0.25) is 0 Å². The van der Waals surface area contributed by atoms with Gasteiger partial charge in [0.2, 0.25) is 5.82 Å². The Morgan fingerprint density at radius 1 is 1.42 bits per heavy atom. The van der Waals surface area contributed by atoms with Crippen LogP contribution in [0.3, 0.4) is 0 Å². The summed E-state index contributed by atoms with van der Waals surface area (Å²) in [6.07, 6.45) is 0. The lowest BCUT2D eigenvalue weighted by atomic mass is 10.2. The third kappa shape index (κ3) is 2.58. The number of aromatic nitrogens is 3. The van der Waals surface area contributed by atoms with Crippen molar-refractivity contribution in [2.75, 3.05) is 6.61 Å². The van der Waals surface area contributed by atoms with Crippen LogP contribution in [-0.4, -0.2) is 22.4 Å². The molecule has 0 radical (unpaired) electrons. The first-order valence-electron chi connectivity index (χ1n) is 5.94. The average molecular weight is 277 g/mol. The van der Waals surface area contributed by atoms with Gasteiger partial charge in [0.15, 0.2) is 5.16 Å². The Balaban J connectivity index is 2.32. The van der Waals surface area contributed by atoms with Crippen LogP contribution in [0.1, 0.15) is 23.1 Å². The highest BCUT2D eigenvalue weighted by Crippen LogP contribution is 2.11. The van der Waals surface area contributed by atoms with E-state index in [0.29, 0.717) is 17.3 Å². The molecule has 1 aromatic heterocycles. The fraction of sp³-hybridized carbons (Fsp3) is 0.308. The molecule has 2 aromatic rings. The topological polar surface area (TPSA) is 48.0 Å². The zero-order valence-corrected chi connectivity index (χ0v) is 11.9. The molecule has 19 heavy (non-hydrogen) atoms. The zero-order valence-electron chi connectivity index (χ0n) is 11.1. The Morgan fingerprint density at radius 2 is 2.05 bits per heavy atom. The van der Waals surface area contributed by atoms with Gasteiger partial charge in [-0.05, 0) is 31.2 Å². The van der Waals surface area contributed by atoms with Crippen molar-refractivity contribution in [2.45, 2.75) is 19.0 Å². The van der Waals surface area contributed by atoms with E-state index in [1.54, 1.807) is 23.7 Å². The molecule has 2 rings (SSSR count). The fourth-order valence-electron chi connectivity index (χ4n) is 1.70. The van der Waals surface area contributed by atoms with E-state index in [9.17, 15) is 4.79 Å². The Hall–Kier alpha value is -1.95. The van der Waals surface area contributed by atoms with Gasteiger partial charge < -0.3 is 17.4 Å². The third-order valence-corrected chi connectivity index (χ3v) is 3.24. The van der Waals surface area contributed by atoms with Crippen LogP contribution in [0.5, 0.6) is 0 Å². The first-order chi connectivity index (χ1) is 9.04. The minimum absolute atomic E-state index is 0.319. The van der Waals surface area contributed by atoms with Crippen LogP contribution in [0.4, 0.5) is 0 Å². The molecule has 0 aliphatic heterocycles. The van der Waals surface area contributed by atoms with Crippen LogP contribution in [0.25, 0.3) is 5.69 Å². The maximum Gasteiger partial charge on any atom is 0.338 e. The molecule has 1 heterocycles. The highest BCUT2D eigenvalue weighted by Gasteiger charge is 2.15. The number of carbonyl (C=O) groups is 1. The van der Waals surface area contributed by atoms with Gasteiger partial charge in [-0.2, -0.15) is 0 Å². The minimum Gasteiger partial charge on any atom is -0.703 e. The van der Waals surface area contributed by atoms with Crippen molar-refractivity contribution >= 4 is 18.6 Å². The smallest absolute Gasteiger partial charge is 0.338 e. The summed E-state index contributed by atoms with van der Waals surface area (Å²) >= 11 is 5.12. The minimum atomic E-state index is -0.319. The molecule has 100 valence electrons. The summed E-state index contributed by atoms with van der Waals surface area (Å²) in [7, 11) is 1.87. The van der Waals surface area contributed by atoms with Gasteiger partial charge in [-0.25, -0.2) is 4.79 Å². The maximum atomic E-state index is 11.6. The molecule has 0 fully saturated rings. The number of ether oxygens (including phenoxy) is 1.